The predicted octanol–water partition coefficient (Wildman–Crippen LogP) is 5.55. The standard InChI is InChI=1S/C27H29F3N8O/c1-31-24-23-25(33-16-32-24)38(17-34-23)22-7-5-20(6-8-22)35-26(39)36-21-14-18(13-19(15-21)27(28,29)30)9-12-37-10-3-2-4-11-37/h5-8,13-17H,2-4,9-12H2,1H3,(H,31,32,33)(H2,35,36,39). The minimum absolute atomic E-state index is 0.0949. The van der Waals surface area contributed by atoms with Crippen molar-refractivity contribution in [2.75, 3.05) is 42.6 Å². The Kier molecular flexibility index (Phi) is 7.64. The van der Waals surface area contributed by atoms with Crippen LogP contribution in [0.3, 0.4) is 0 Å². The van der Waals surface area contributed by atoms with E-state index in [1.807, 2.05) is 0 Å². The first kappa shape index (κ1) is 26.4. The average molecular weight is 539 g/mol. The minimum Gasteiger partial charge on any atom is -0.371 e. The van der Waals surface area contributed by atoms with Crippen LogP contribution in [0.15, 0.2) is 55.1 Å². The van der Waals surface area contributed by atoms with Gasteiger partial charge < -0.3 is 20.9 Å². The average Bonchev–Trinajstić information content (AvgIpc) is 3.37. The summed E-state index contributed by atoms with van der Waals surface area (Å²) in [6.07, 6.45) is 2.46. The molecule has 2 aromatic heterocycles. The van der Waals surface area contributed by atoms with E-state index in [0.29, 0.717) is 41.2 Å². The minimum atomic E-state index is -4.51. The fourth-order valence-electron chi connectivity index (χ4n) is 4.75. The maximum absolute atomic E-state index is 13.6. The molecule has 1 aliphatic rings. The van der Waals surface area contributed by atoms with Crippen molar-refractivity contribution in [1.29, 1.82) is 0 Å². The zero-order valence-corrected chi connectivity index (χ0v) is 21.4. The predicted molar refractivity (Wildman–Crippen MR) is 144 cm³/mol. The van der Waals surface area contributed by atoms with Crippen molar-refractivity contribution in [3.8, 4) is 5.69 Å². The number of hydrogen-bond acceptors (Lipinski definition) is 6. The van der Waals surface area contributed by atoms with E-state index in [4.69, 9.17) is 0 Å². The lowest BCUT2D eigenvalue weighted by Gasteiger charge is -2.26. The number of nitrogens with one attached hydrogen (secondary N) is 3. The number of hydrogen-bond donors (Lipinski definition) is 3. The molecule has 0 radical (unpaired) electrons. The van der Waals surface area contributed by atoms with Gasteiger partial charge in [0.25, 0.3) is 0 Å². The van der Waals surface area contributed by atoms with E-state index >= 15 is 0 Å². The molecule has 12 heteroatoms. The van der Waals surface area contributed by atoms with Gasteiger partial charge in [0.2, 0.25) is 0 Å². The zero-order valence-electron chi connectivity index (χ0n) is 21.4. The number of amides is 2. The van der Waals surface area contributed by atoms with Crippen LogP contribution in [-0.2, 0) is 12.6 Å². The number of piperidine rings is 1. The number of nitrogens with zero attached hydrogens (tertiary/aromatic N) is 5. The highest BCUT2D eigenvalue weighted by Gasteiger charge is 2.31. The lowest BCUT2D eigenvalue weighted by molar-refractivity contribution is -0.137. The maximum atomic E-state index is 13.6. The Morgan fingerprint density at radius 2 is 1.69 bits per heavy atom. The molecule has 3 heterocycles. The summed E-state index contributed by atoms with van der Waals surface area (Å²) < 4.78 is 42.5. The first-order valence-corrected chi connectivity index (χ1v) is 12.8. The van der Waals surface area contributed by atoms with E-state index in [1.54, 1.807) is 48.3 Å². The molecule has 3 N–H and O–H groups in total. The van der Waals surface area contributed by atoms with Crippen LogP contribution in [0.5, 0.6) is 0 Å². The highest BCUT2D eigenvalue weighted by atomic mass is 19.4. The van der Waals surface area contributed by atoms with Gasteiger partial charge in [-0.1, -0.05) is 6.42 Å². The van der Waals surface area contributed by atoms with Crippen molar-refractivity contribution >= 4 is 34.4 Å². The number of aromatic nitrogens is 4. The number of rotatable bonds is 7. The zero-order chi connectivity index (χ0) is 27.4. The molecule has 0 bridgehead atoms. The third-order valence-electron chi connectivity index (χ3n) is 6.72. The van der Waals surface area contributed by atoms with Crippen LogP contribution in [0.4, 0.5) is 35.2 Å². The summed E-state index contributed by atoms with van der Waals surface area (Å²) in [6.45, 7) is 2.62. The Bertz CT molecular complexity index is 1450. The summed E-state index contributed by atoms with van der Waals surface area (Å²) in [5.74, 6) is 0.609. The molecule has 39 heavy (non-hydrogen) atoms. The first-order chi connectivity index (χ1) is 18.8. The van der Waals surface area contributed by atoms with E-state index in [9.17, 15) is 18.0 Å². The smallest absolute Gasteiger partial charge is 0.371 e. The normalized spacial score (nSPS) is 14.4. The third kappa shape index (κ3) is 6.28. The van der Waals surface area contributed by atoms with Gasteiger partial charge in [-0.3, -0.25) is 4.57 Å². The van der Waals surface area contributed by atoms with Gasteiger partial charge in [0, 0.05) is 30.7 Å². The van der Waals surface area contributed by atoms with Gasteiger partial charge in [0.05, 0.1) is 5.56 Å². The summed E-state index contributed by atoms with van der Waals surface area (Å²) in [5, 5.41) is 8.21. The van der Waals surface area contributed by atoms with Crippen LogP contribution in [0.25, 0.3) is 16.9 Å². The van der Waals surface area contributed by atoms with Crippen LogP contribution in [0.1, 0.15) is 30.4 Å². The van der Waals surface area contributed by atoms with Crippen molar-refractivity contribution in [2.24, 2.45) is 0 Å². The van der Waals surface area contributed by atoms with Crippen molar-refractivity contribution in [3.63, 3.8) is 0 Å². The second-order valence-corrected chi connectivity index (χ2v) is 9.45. The number of urea groups is 1. The highest BCUT2D eigenvalue weighted by molar-refractivity contribution is 6.00. The van der Waals surface area contributed by atoms with Crippen LogP contribution in [0, 0.1) is 0 Å². The monoisotopic (exact) mass is 538 g/mol. The fraction of sp³-hybridized carbons (Fsp3) is 0.333. The Balaban J connectivity index is 1.27. The molecule has 0 unspecified atom stereocenters. The first-order valence-electron chi connectivity index (χ1n) is 12.8. The van der Waals surface area contributed by atoms with E-state index in [0.717, 1.165) is 43.8 Å². The van der Waals surface area contributed by atoms with Gasteiger partial charge in [-0.15, -0.1) is 0 Å². The van der Waals surface area contributed by atoms with Crippen LogP contribution < -0.4 is 16.0 Å². The molecule has 1 saturated heterocycles. The Hall–Kier alpha value is -4.19. The van der Waals surface area contributed by atoms with Gasteiger partial charge in [0.15, 0.2) is 17.0 Å². The van der Waals surface area contributed by atoms with Crippen LogP contribution >= 0.6 is 0 Å². The molecule has 204 valence electrons. The number of halogens is 3. The van der Waals surface area contributed by atoms with E-state index < -0.39 is 17.8 Å². The maximum Gasteiger partial charge on any atom is 0.416 e. The van der Waals surface area contributed by atoms with E-state index in [-0.39, 0.29) is 5.69 Å². The topological polar surface area (TPSA) is 100 Å². The molecule has 4 aromatic rings. The number of anilines is 3. The second kappa shape index (κ2) is 11.3. The molecule has 2 amide bonds. The SMILES string of the molecule is CNc1ncnc2c1ncn2-c1ccc(NC(=O)Nc2cc(CCN3CCCCC3)cc(C(F)(F)F)c2)cc1. The van der Waals surface area contributed by atoms with Crippen molar-refractivity contribution < 1.29 is 18.0 Å². The van der Waals surface area contributed by atoms with E-state index in [1.165, 1.54) is 12.7 Å². The van der Waals surface area contributed by atoms with Gasteiger partial charge in [0.1, 0.15) is 12.7 Å². The molecule has 5 rings (SSSR count). The molecule has 0 aliphatic carbocycles. The fourth-order valence-corrected chi connectivity index (χ4v) is 4.75. The second-order valence-electron chi connectivity index (χ2n) is 9.45. The van der Waals surface area contributed by atoms with Crippen molar-refractivity contribution in [3.05, 3.63) is 66.2 Å². The highest BCUT2D eigenvalue weighted by Crippen LogP contribution is 2.32. The lowest BCUT2D eigenvalue weighted by atomic mass is 10.0. The number of carbonyl (C=O) groups excluding carboxylic acids is 1. The van der Waals surface area contributed by atoms with Crippen LogP contribution in [0.2, 0.25) is 0 Å². The third-order valence-corrected chi connectivity index (χ3v) is 6.72. The molecular formula is C27H29F3N8O. The van der Waals surface area contributed by atoms with Gasteiger partial charge in [-0.2, -0.15) is 13.2 Å². The molecular weight excluding hydrogens is 509 g/mol. The molecule has 9 nitrogen and oxygen atoms in total. The molecule has 2 aromatic carbocycles. The molecule has 0 atom stereocenters. The number of benzene rings is 2. The largest absolute Gasteiger partial charge is 0.416 e. The summed E-state index contributed by atoms with van der Waals surface area (Å²) in [6, 6.07) is 10.0. The van der Waals surface area contributed by atoms with Crippen molar-refractivity contribution in [2.45, 2.75) is 31.9 Å². The molecule has 1 fully saturated rings. The number of fused-ring (bicyclic) bond motifs is 1. The van der Waals surface area contributed by atoms with Gasteiger partial charge >= 0.3 is 12.2 Å². The molecule has 0 saturated carbocycles. The summed E-state index contributed by atoms with van der Waals surface area (Å²) in [7, 11) is 1.75. The quantitative estimate of drug-likeness (QED) is 0.285. The Morgan fingerprint density at radius 1 is 0.949 bits per heavy atom. The molecule has 0 spiro atoms. The number of alkyl halides is 3. The van der Waals surface area contributed by atoms with Crippen LogP contribution in [-0.4, -0.2) is 57.1 Å². The van der Waals surface area contributed by atoms with E-state index in [2.05, 4.69) is 35.8 Å². The van der Waals surface area contributed by atoms with Gasteiger partial charge in [-0.05, 0) is 80.4 Å². The number of carbonyl (C=O) groups is 1. The number of imidazole rings is 1. The lowest BCUT2D eigenvalue weighted by Crippen LogP contribution is -2.31. The van der Waals surface area contributed by atoms with Gasteiger partial charge in [-0.25, -0.2) is 19.7 Å². The Morgan fingerprint density at radius 3 is 2.41 bits per heavy atom. The number of likely N-dealkylation sites (tertiary alicyclic amines) is 1. The summed E-state index contributed by atoms with van der Waals surface area (Å²) in [4.78, 5) is 27.8. The van der Waals surface area contributed by atoms with Crippen molar-refractivity contribution in [1.82, 2.24) is 24.4 Å². The Labute approximate surface area is 223 Å². The summed E-state index contributed by atoms with van der Waals surface area (Å²) >= 11 is 0. The molecule has 1 aliphatic heterocycles. The summed E-state index contributed by atoms with van der Waals surface area (Å²) in [5.41, 5.74) is 2.33.